The van der Waals surface area contributed by atoms with Crippen molar-refractivity contribution >= 4 is 38.6 Å². The molecule has 2 rings (SSSR count). The lowest BCUT2D eigenvalue weighted by molar-refractivity contribution is 0.0366. The van der Waals surface area contributed by atoms with Gasteiger partial charge < -0.3 is 4.74 Å². The molecule has 0 fully saturated rings. The molecule has 5 nitrogen and oxygen atoms in total. The van der Waals surface area contributed by atoms with Gasteiger partial charge in [0.2, 0.25) is 10.0 Å². The highest BCUT2D eigenvalue weighted by molar-refractivity contribution is 14.1. The fourth-order valence-corrected chi connectivity index (χ4v) is 3.48. The number of carbonyl (C=O) groups excluding carboxylic acids is 1. The Morgan fingerprint density at radius 1 is 1.12 bits per heavy atom. The van der Waals surface area contributed by atoms with E-state index in [2.05, 4.69) is 27.3 Å². The van der Waals surface area contributed by atoms with Gasteiger partial charge in [-0.25, -0.2) is 17.9 Å². The Kier molecular flexibility index (Phi) is 6.76. The van der Waals surface area contributed by atoms with Gasteiger partial charge in [0, 0.05) is 11.0 Å². The van der Waals surface area contributed by atoms with Crippen LogP contribution in [0.3, 0.4) is 0 Å². The zero-order chi connectivity index (χ0) is 17.6. The van der Waals surface area contributed by atoms with Gasteiger partial charge in [0.15, 0.2) is 0 Å². The van der Waals surface area contributed by atoms with Crippen LogP contribution in [0.15, 0.2) is 59.5 Å². The lowest BCUT2D eigenvalue weighted by atomic mass is 10.2. The number of hydrogen-bond acceptors (Lipinski definition) is 4. The molecular formula is C17H18INO4S. The van der Waals surface area contributed by atoms with Crippen molar-refractivity contribution in [3.8, 4) is 0 Å². The first kappa shape index (κ1) is 18.9. The molecule has 0 aliphatic rings. The zero-order valence-electron chi connectivity index (χ0n) is 13.1. The van der Waals surface area contributed by atoms with Crippen LogP contribution in [-0.2, 0) is 14.8 Å². The van der Waals surface area contributed by atoms with Crippen LogP contribution < -0.4 is 4.72 Å². The molecular weight excluding hydrogens is 441 g/mol. The molecule has 0 aliphatic carbocycles. The summed E-state index contributed by atoms with van der Waals surface area (Å²) in [5.41, 5.74) is 1.42. The standard InChI is InChI=1S/C17H18INO4S/c1-13-7-9-16(10-8-13)24(21,22)19-12-15(11-18)23-17(20)14-5-3-2-4-6-14/h2-10,15,19H,11-12H2,1H3. The van der Waals surface area contributed by atoms with E-state index in [0.717, 1.165) is 5.56 Å². The van der Waals surface area contributed by atoms with Crippen LogP contribution in [-0.4, -0.2) is 31.5 Å². The maximum Gasteiger partial charge on any atom is 0.338 e. The number of benzene rings is 2. The molecule has 2 aromatic carbocycles. The van der Waals surface area contributed by atoms with E-state index in [1.54, 1.807) is 48.5 Å². The highest BCUT2D eigenvalue weighted by Crippen LogP contribution is 2.11. The van der Waals surface area contributed by atoms with Gasteiger partial charge in [-0.3, -0.25) is 0 Å². The third-order valence-corrected chi connectivity index (χ3v) is 5.71. The average molecular weight is 459 g/mol. The number of aryl methyl sites for hydroxylation is 1. The number of hydrogen-bond donors (Lipinski definition) is 1. The molecule has 0 amide bonds. The van der Waals surface area contributed by atoms with Crippen LogP contribution in [0.5, 0.6) is 0 Å². The van der Waals surface area contributed by atoms with Crippen molar-refractivity contribution in [2.45, 2.75) is 17.9 Å². The van der Waals surface area contributed by atoms with Crippen molar-refractivity contribution in [1.29, 1.82) is 0 Å². The molecule has 2 aromatic rings. The van der Waals surface area contributed by atoms with Crippen molar-refractivity contribution in [3.05, 3.63) is 65.7 Å². The third-order valence-electron chi connectivity index (χ3n) is 3.29. The topological polar surface area (TPSA) is 72.5 Å². The molecule has 0 aliphatic heterocycles. The quantitative estimate of drug-likeness (QED) is 0.393. The number of halogens is 1. The molecule has 1 N–H and O–H groups in total. The maximum atomic E-state index is 12.3. The number of ether oxygens (including phenoxy) is 1. The van der Waals surface area contributed by atoms with Crippen molar-refractivity contribution in [2.24, 2.45) is 0 Å². The Morgan fingerprint density at radius 2 is 1.75 bits per heavy atom. The van der Waals surface area contributed by atoms with Gasteiger partial charge in [0.25, 0.3) is 0 Å². The van der Waals surface area contributed by atoms with Gasteiger partial charge >= 0.3 is 5.97 Å². The Labute approximate surface area is 155 Å². The molecule has 0 saturated heterocycles. The van der Waals surface area contributed by atoms with E-state index in [4.69, 9.17) is 4.74 Å². The number of nitrogens with one attached hydrogen (secondary N) is 1. The van der Waals surface area contributed by atoms with E-state index in [1.165, 1.54) is 0 Å². The Hall–Kier alpha value is -1.45. The Morgan fingerprint density at radius 3 is 2.33 bits per heavy atom. The summed E-state index contributed by atoms with van der Waals surface area (Å²) in [6.45, 7) is 1.91. The number of sulfonamides is 1. The van der Waals surface area contributed by atoms with Gasteiger partial charge in [0.1, 0.15) is 6.10 Å². The van der Waals surface area contributed by atoms with Gasteiger partial charge in [-0.15, -0.1) is 0 Å². The highest BCUT2D eigenvalue weighted by atomic mass is 127. The summed E-state index contributed by atoms with van der Waals surface area (Å²) in [5.74, 6) is -0.466. The van der Waals surface area contributed by atoms with E-state index in [0.29, 0.717) is 9.99 Å². The second-order valence-electron chi connectivity index (χ2n) is 5.21. The van der Waals surface area contributed by atoms with Crippen LogP contribution in [0.1, 0.15) is 15.9 Å². The lowest BCUT2D eigenvalue weighted by Gasteiger charge is -2.16. The van der Waals surface area contributed by atoms with E-state index >= 15 is 0 Å². The number of rotatable bonds is 7. The van der Waals surface area contributed by atoms with E-state index in [1.807, 2.05) is 13.0 Å². The molecule has 0 spiro atoms. The molecule has 24 heavy (non-hydrogen) atoms. The molecule has 7 heteroatoms. The van der Waals surface area contributed by atoms with Crippen molar-refractivity contribution in [2.75, 3.05) is 11.0 Å². The van der Waals surface area contributed by atoms with Crippen molar-refractivity contribution in [1.82, 2.24) is 4.72 Å². The molecule has 1 atom stereocenters. The van der Waals surface area contributed by atoms with E-state index in [9.17, 15) is 13.2 Å². The van der Waals surface area contributed by atoms with Gasteiger partial charge in [-0.05, 0) is 31.2 Å². The average Bonchev–Trinajstić information content (AvgIpc) is 2.59. The minimum Gasteiger partial charge on any atom is -0.457 e. The van der Waals surface area contributed by atoms with E-state index < -0.39 is 22.1 Å². The largest absolute Gasteiger partial charge is 0.457 e. The highest BCUT2D eigenvalue weighted by Gasteiger charge is 2.19. The third kappa shape index (κ3) is 5.29. The van der Waals surface area contributed by atoms with Crippen LogP contribution in [0, 0.1) is 6.92 Å². The van der Waals surface area contributed by atoms with Crippen LogP contribution in [0.2, 0.25) is 0 Å². The maximum absolute atomic E-state index is 12.3. The minimum atomic E-state index is -3.63. The van der Waals surface area contributed by atoms with Crippen molar-refractivity contribution < 1.29 is 17.9 Å². The molecule has 0 bridgehead atoms. The smallest absolute Gasteiger partial charge is 0.338 e. The molecule has 0 radical (unpaired) electrons. The monoisotopic (exact) mass is 459 g/mol. The Balaban J connectivity index is 1.98. The number of alkyl halides is 1. The summed E-state index contributed by atoms with van der Waals surface area (Å²) < 4.78 is 32.9. The molecule has 0 aromatic heterocycles. The molecule has 0 heterocycles. The zero-order valence-corrected chi connectivity index (χ0v) is 16.1. The molecule has 0 saturated carbocycles. The normalized spacial score (nSPS) is 12.6. The predicted molar refractivity (Wildman–Crippen MR) is 101 cm³/mol. The predicted octanol–water partition coefficient (Wildman–Crippen LogP) is 2.93. The van der Waals surface area contributed by atoms with Gasteiger partial charge in [0.05, 0.1) is 10.5 Å². The number of esters is 1. The SMILES string of the molecule is Cc1ccc(S(=O)(=O)NCC(CI)OC(=O)c2ccccc2)cc1. The Bertz CT molecular complexity index is 776. The fourth-order valence-electron chi connectivity index (χ4n) is 1.92. The summed E-state index contributed by atoms with van der Waals surface area (Å²) in [7, 11) is -3.63. The van der Waals surface area contributed by atoms with Crippen molar-refractivity contribution in [3.63, 3.8) is 0 Å². The second-order valence-corrected chi connectivity index (χ2v) is 7.86. The first-order valence-corrected chi connectivity index (χ1v) is 10.3. The van der Waals surface area contributed by atoms with Crippen LogP contribution >= 0.6 is 22.6 Å². The lowest BCUT2D eigenvalue weighted by Crippen LogP contribution is -2.35. The van der Waals surface area contributed by atoms with E-state index in [-0.39, 0.29) is 11.4 Å². The van der Waals surface area contributed by atoms with Gasteiger partial charge in [-0.1, -0.05) is 58.5 Å². The first-order valence-electron chi connectivity index (χ1n) is 7.30. The van der Waals surface area contributed by atoms with Crippen LogP contribution in [0.4, 0.5) is 0 Å². The molecule has 128 valence electrons. The molecule has 1 unspecified atom stereocenters. The summed E-state index contributed by atoms with van der Waals surface area (Å²) in [4.78, 5) is 12.2. The summed E-state index contributed by atoms with van der Waals surface area (Å²) in [6.07, 6.45) is -0.543. The van der Waals surface area contributed by atoms with Crippen LogP contribution in [0.25, 0.3) is 0 Å². The number of carbonyl (C=O) groups is 1. The fraction of sp³-hybridized carbons (Fsp3) is 0.235. The van der Waals surface area contributed by atoms with Gasteiger partial charge in [-0.2, -0.15) is 0 Å². The summed E-state index contributed by atoms with van der Waals surface area (Å²) in [5, 5.41) is 0. The summed E-state index contributed by atoms with van der Waals surface area (Å²) >= 11 is 2.06. The first-order chi connectivity index (χ1) is 11.4. The second kappa shape index (κ2) is 8.59. The minimum absolute atomic E-state index is 0.0255. The summed E-state index contributed by atoms with van der Waals surface area (Å²) in [6, 6.07) is 15.2.